The molecule has 0 bridgehead atoms. The van der Waals surface area contributed by atoms with E-state index in [0.29, 0.717) is 6.54 Å². The van der Waals surface area contributed by atoms with Crippen LogP contribution >= 0.6 is 0 Å². The number of carbonyl (C=O) groups excluding carboxylic acids is 1. The number of nitrogens with zero attached hydrogens (tertiary/aromatic N) is 1. The quantitative estimate of drug-likeness (QED) is 0.498. The molecule has 0 atom stereocenters. The molecule has 1 aromatic rings. The summed E-state index contributed by atoms with van der Waals surface area (Å²) in [5.74, 6) is 5.12. The fraction of sp³-hybridized carbons (Fsp3) is 0.222. The number of hydrogen-bond donors (Lipinski definition) is 2. The third-order valence-electron chi connectivity index (χ3n) is 1.59. The van der Waals surface area contributed by atoms with E-state index >= 15 is 0 Å². The summed E-state index contributed by atoms with van der Waals surface area (Å²) in [4.78, 5) is 10.5. The molecule has 0 heterocycles. The summed E-state index contributed by atoms with van der Waals surface area (Å²) in [6.07, 6.45) is 0. The number of hydrogen-bond acceptors (Lipinski definition) is 3. The van der Waals surface area contributed by atoms with E-state index in [2.05, 4.69) is 0 Å². The molecular formula is C9H13N3O. The van der Waals surface area contributed by atoms with E-state index in [1.54, 1.807) is 0 Å². The summed E-state index contributed by atoms with van der Waals surface area (Å²) in [6, 6.07) is 9.67. The summed E-state index contributed by atoms with van der Waals surface area (Å²) in [7, 11) is 0. The van der Waals surface area contributed by atoms with E-state index in [0.717, 1.165) is 5.56 Å². The molecule has 4 N–H and O–H groups in total. The average Bonchev–Trinajstić information content (AvgIpc) is 2.04. The van der Waals surface area contributed by atoms with Crippen LogP contribution in [0, 0.1) is 0 Å². The summed E-state index contributed by atoms with van der Waals surface area (Å²) >= 11 is 0. The number of hydrazine groups is 1. The maximum atomic E-state index is 10.5. The minimum Gasteiger partial charge on any atom is -0.369 e. The van der Waals surface area contributed by atoms with Crippen molar-refractivity contribution in [2.24, 2.45) is 11.6 Å². The Morgan fingerprint density at radius 2 is 1.92 bits per heavy atom. The fourth-order valence-corrected chi connectivity index (χ4v) is 1.07. The third kappa shape index (κ3) is 3.68. The van der Waals surface area contributed by atoms with E-state index in [9.17, 15) is 4.79 Å². The Morgan fingerprint density at radius 1 is 1.31 bits per heavy atom. The van der Waals surface area contributed by atoms with Crippen LogP contribution < -0.4 is 11.6 Å². The SMILES string of the molecule is NC(=O)CN(N)Cc1ccccc1. The highest BCUT2D eigenvalue weighted by atomic mass is 16.1. The highest BCUT2D eigenvalue weighted by Crippen LogP contribution is 2.00. The van der Waals surface area contributed by atoms with Crippen LogP contribution in [0.15, 0.2) is 30.3 Å². The van der Waals surface area contributed by atoms with Gasteiger partial charge in [0.1, 0.15) is 0 Å². The van der Waals surface area contributed by atoms with Gasteiger partial charge in [0.15, 0.2) is 0 Å². The van der Waals surface area contributed by atoms with Gasteiger partial charge in [-0.05, 0) is 5.56 Å². The molecule has 70 valence electrons. The molecular weight excluding hydrogens is 166 g/mol. The van der Waals surface area contributed by atoms with Crippen molar-refractivity contribution in [1.29, 1.82) is 0 Å². The fourth-order valence-electron chi connectivity index (χ4n) is 1.07. The normalized spacial score (nSPS) is 10.3. The Labute approximate surface area is 77.1 Å². The molecule has 0 spiro atoms. The van der Waals surface area contributed by atoms with Gasteiger partial charge in [0, 0.05) is 6.54 Å². The molecule has 4 heteroatoms. The summed E-state index contributed by atoms with van der Waals surface area (Å²) in [5, 5.41) is 1.39. The molecule has 1 rings (SSSR count). The molecule has 0 aliphatic carbocycles. The maximum absolute atomic E-state index is 10.5. The predicted octanol–water partition coefficient (Wildman–Crippen LogP) is -0.152. The molecule has 0 aliphatic heterocycles. The van der Waals surface area contributed by atoms with Crippen LogP contribution in [0.1, 0.15) is 5.56 Å². The molecule has 0 saturated heterocycles. The molecule has 0 fully saturated rings. The smallest absolute Gasteiger partial charge is 0.233 e. The second-order valence-electron chi connectivity index (χ2n) is 2.86. The van der Waals surface area contributed by atoms with Crippen LogP contribution in [-0.4, -0.2) is 17.5 Å². The minimum absolute atomic E-state index is 0.0783. The number of carbonyl (C=O) groups is 1. The first-order valence-electron chi connectivity index (χ1n) is 4.00. The van der Waals surface area contributed by atoms with Crippen molar-refractivity contribution in [2.75, 3.05) is 6.54 Å². The Kier molecular flexibility index (Phi) is 3.42. The van der Waals surface area contributed by atoms with Gasteiger partial charge >= 0.3 is 0 Å². The van der Waals surface area contributed by atoms with Gasteiger partial charge < -0.3 is 5.73 Å². The lowest BCUT2D eigenvalue weighted by Crippen LogP contribution is -2.38. The standard InChI is InChI=1S/C9H13N3O/c10-9(13)7-12(11)6-8-4-2-1-3-5-8/h1-5H,6-7,11H2,(H2,10,13). The van der Waals surface area contributed by atoms with Crippen molar-refractivity contribution in [3.8, 4) is 0 Å². The Bertz CT molecular complexity index is 273. The van der Waals surface area contributed by atoms with Crippen molar-refractivity contribution in [1.82, 2.24) is 5.01 Å². The first-order chi connectivity index (χ1) is 6.18. The van der Waals surface area contributed by atoms with Crippen LogP contribution in [0.4, 0.5) is 0 Å². The average molecular weight is 179 g/mol. The van der Waals surface area contributed by atoms with Gasteiger partial charge in [-0.25, -0.2) is 5.01 Å². The zero-order valence-corrected chi connectivity index (χ0v) is 7.31. The van der Waals surface area contributed by atoms with E-state index in [1.165, 1.54) is 5.01 Å². The molecule has 1 aromatic carbocycles. The molecule has 1 amide bonds. The molecule has 4 nitrogen and oxygen atoms in total. The highest BCUT2D eigenvalue weighted by Gasteiger charge is 2.02. The van der Waals surface area contributed by atoms with Crippen molar-refractivity contribution in [2.45, 2.75) is 6.54 Å². The highest BCUT2D eigenvalue weighted by molar-refractivity contribution is 5.75. The lowest BCUT2D eigenvalue weighted by atomic mass is 10.2. The third-order valence-corrected chi connectivity index (χ3v) is 1.59. The van der Waals surface area contributed by atoms with Crippen molar-refractivity contribution in [3.63, 3.8) is 0 Å². The minimum atomic E-state index is -0.418. The van der Waals surface area contributed by atoms with Gasteiger partial charge in [0.2, 0.25) is 5.91 Å². The van der Waals surface area contributed by atoms with Crippen LogP contribution in [0.3, 0.4) is 0 Å². The number of nitrogens with two attached hydrogens (primary N) is 2. The lowest BCUT2D eigenvalue weighted by molar-refractivity contribution is -0.119. The van der Waals surface area contributed by atoms with Gasteiger partial charge in [-0.1, -0.05) is 30.3 Å². The Balaban J connectivity index is 2.45. The monoisotopic (exact) mass is 179 g/mol. The van der Waals surface area contributed by atoms with Gasteiger partial charge in [0.05, 0.1) is 6.54 Å². The molecule has 0 aliphatic rings. The zero-order chi connectivity index (χ0) is 9.68. The van der Waals surface area contributed by atoms with Crippen LogP contribution in [-0.2, 0) is 11.3 Å². The largest absolute Gasteiger partial charge is 0.369 e. The van der Waals surface area contributed by atoms with Gasteiger partial charge in [-0.2, -0.15) is 0 Å². The predicted molar refractivity (Wildman–Crippen MR) is 50.2 cm³/mol. The van der Waals surface area contributed by atoms with Gasteiger partial charge in [0.25, 0.3) is 0 Å². The van der Waals surface area contributed by atoms with E-state index in [-0.39, 0.29) is 6.54 Å². The zero-order valence-electron chi connectivity index (χ0n) is 7.31. The molecule has 13 heavy (non-hydrogen) atoms. The van der Waals surface area contributed by atoms with E-state index in [1.807, 2.05) is 30.3 Å². The number of benzene rings is 1. The van der Waals surface area contributed by atoms with Gasteiger partial charge in [-0.3, -0.25) is 10.6 Å². The first-order valence-corrected chi connectivity index (χ1v) is 4.00. The van der Waals surface area contributed by atoms with Crippen LogP contribution in [0.25, 0.3) is 0 Å². The van der Waals surface area contributed by atoms with Crippen molar-refractivity contribution < 1.29 is 4.79 Å². The van der Waals surface area contributed by atoms with E-state index in [4.69, 9.17) is 11.6 Å². The van der Waals surface area contributed by atoms with E-state index < -0.39 is 5.91 Å². The van der Waals surface area contributed by atoms with Crippen LogP contribution in [0.5, 0.6) is 0 Å². The first kappa shape index (κ1) is 9.70. The topological polar surface area (TPSA) is 72.4 Å². The lowest BCUT2D eigenvalue weighted by Gasteiger charge is -2.13. The summed E-state index contributed by atoms with van der Waals surface area (Å²) in [6.45, 7) is 0.610. The molecule has 0 aromatic heterocycles. The maximum Gasteiger partial charge on any atom is 0.233 e. The van der Waals surface area contributed by atoms with Crippen molar-refractivity contribution >= 4 is 5.91 Å². The number of rotatable bonds is 4. The molecule has 0 radical (unpaired) electrons. The summed E-state index contributed by atoms with van der Waals surface area (Å²) < 4.78 is 0. The van der Waals surface area contributed by atoms with Crippen molar-refractivity contribution in [3.05, 3.63) is 35.9 Å². The second kappa shape index (κ2) is 4.59. The van der Waals surface area contributed by atoms with Crippen LogP contribution in [0.2, 0.25) is 0 Å². The van der Waals surface area contributed by atoms with Gasteiger partial charge in [-0.15, -0.1) is 0 Å². The number of primary amides is 1. The second-order valence-corrected chi connectivity index (χ2v) is 2.86. The Hall–Kier alpha value is -1.39. The molecule has 0 unspecified atom stereocenters. The Morgan fingerprint density at radius 3 is 2.46 bits per heavy atom. The molecule has 0 saturated carbocycles. The summed E-state index contributed by atoms with van der Waals surface area (Å²) in [5.41, 5.74) is 6.05. The number of amides is 1.